The highest BCUT2D eigenvalue weighted by molar-refractivity contribution is 5.88. The van der Waals surface area contributed by atoms with Crippen LogP contribution in [0, 0.1) is 0 Å². The molecule has 1 heterocycles. The lowest BCUT2D eigenvalue weighted by atomic mass is 10.1. The fraction of sp³-hybridized carbons (Fsp3) is 0.771. The standard InChI is InChI=1S/C35H62N4O3/c1-3-5-7-9-11-13-15-17-20-27-36-33(40)25-24-32(38-34(41)26-31-39-29-22-19-23-30-39)35(42)37-28-21-18-16-14-12-10-8-6-4-2/h19,22-23,29-30,32H,3-18,20-21,24-28,31H2,1-2H3,(H2-,36,37,38,40,41,42)/p+1/t32-/m0/s1. The molecule has 0 unspecified atom stereocenters. The number of unbranched alkanes of at least 4 members (excludes halogenated alkanes) is 16. The zero-order valence-electron chi connectivity index (χ0n) is 27.1. The molecule has 0 aliphatic rings. The Morgan fingerprint density at radius 1 is 0.571 bits per heavy atom. The molecular formula is C35H63N4O3+. The number of carbonyl (C=O) groups excluding carboxylic acids is 3. The molecule has 7 nitrogen and oxygen atoms in total. The number of nitrogens with zero attached hydrogens (tertiary/aromatic N) is 1. The number of amides is 3. The molecule has 1 rings (SSSR count). The maximum atomic E-state index is 13.0. The number of aromatic nitrogens is 1. The van der Waals surface area contributed by atoms with Crippen LogP contribution < -0.4 is 20.5 Å². The van der Waals surface area contributed by atoms with E-state index in [4.69, 9.17) is 0 Å². The first-order valence-corrected chi connectivity index (χ1v) is 17.3. The molecule has 0 saturated carbocycles. The second-order valence-electron chi connectivity index (χ2n) is 11.8. The highest BCUT2D eigenvalue weighted by Crippen LogP contribution is 2.10. The maximum absolute atomic E-state index is 13.0. The van der Waals surface area contributed by atoms with Crippen molar-refractivity contribution in [2.24, 2.45) is 0 Å². The van der Waals surface area contributed by atoms with E-state index in [2.05, 4.69) is 29.8 Å². The van der Waals surface area contributed by atoms with Crippen LogP contribution in [0.4, 0.5) is 0 Å². The Balaban J connectivity index is 2.34. The van der Waals surface area contributed by atoms with E-state index >= 15 is 0 Å². The summed E-state index contributed by atoms with van der Waals surface area (Å²) < 4.78 is 1.94. The van der Waals surface area contributed by atoms with E-state index in [-0.39, 0.29) is 30.6 Å². The fourth-order valence-electron chi connectivity index (χ4n) is 5.15. The number of aryl methyl sites for hydroxylation is 1. The normalized spacial score (nSPS) is 11.7. The largest absolute Gasteiger partial charge is 0.356 e. The number of nitrogens with one attached hydrogen (secondary N) is 3. The Kier molecular flexibility index (Phi) is 24.5. The lowest BCUT2D eigenvalue weighted by Crippen LogP contribution is -2.48. The minimum absolute atomic E-state index is 0.0552. The summed E-state index contributed by atoms with van der Waals surface area (Å²) in [5.74, 6) is -0.424. The predicted octanol–water partition coefficient (Wildman–Crippen LogP) is 6.92. The Bertz CT molecular complexity index is 803. The topological polar surface area (TPSA) is 91.2 Å². The third kappa shape index (κ3) is 22.2. The summed E-state index contributed by atoms with van der Waals surface area (Å²) in [5, 5.41) is 8.89. The Morgan fingerprint density at radius 3 is 1.57 bits per heavy atom. The second kappa shape index (κ2) is 27.4. The third-order valence-electron chi connectivity index (χ3n) is 7.87. The van der Waals surface area contributed by atoms with Gasteiger partial charge in [0.1, 0.15) is 6.04 Å². The van der Waals surface area contributed by atoms with Gasteiger partial charge in [0.05, 0.1) is 6.42 Å². The van der Waals surface area contributed by atoms with Crippen molar-refractivity contribution in [1.82, 2.24) is 16.0 Å². The zero-order valence-corrected chi connectivity index (χ0v) is 27.1. The van der Waals surface area contributed by atoms with Crippen LogP contribution in [0.5, 0.6) is 0 Å². The fourth-order valence-corrected chi connectivity index (χ4v) is 5.15. The average molecular weight is 588 g/mol. The van der Waals surface area contributed by atoms with E-state index in [0.29, 0.717) is 26.1 Å². The Hall–Kier alpha value is -2.44. The lowest BCUT2D eigenvalue weighted by Gasteiger charge is -2.18. The molecule has 1 atom stereocenters. The average Bonchev–Trinajstić information content (AvgIpc) is 3.00. The predicted molar refractivity (Wildman–Crippen MR) is 173 cm³/mol. The van der Waals surface area contributed by atoms with Crippen LogP contribution in [0.15, 0.2) is 30.6 Å². The van der Waals surface area contributed by atoms with Crippen molar-refractivity contribution in [3.8, 4) is 0 Å². The molecule has 0 radical (unpaired) electrons. The van der Waals surface area contributed by atoms with Gasteiger partial charge in [0, 0.05) is 31.6 Å². The summed E-state index contributed by atoms with van der Waals surface area (Å²) in [7, 11) is 0. The lowest BCUT2D eigenvalue weighted by molar-refractivity contribution is -0.695. The summed E-state index contributed by atoms with van der Waals surface area (Å²) in [5.41, 5.74) is 0. The molecule has 42 heavy (non-hydrogen) atoms. The van der Waals surface area contributed by atoms with Gasteiger partial charge in [0.2, 0.25) is 17.7 Å². The quantitative estimate of drug-likeness (QED) is 0.0734. The van der Waals surface area contributed by atoms with Crippen LogP contribution in [-0.2, 0) is 20.9 Å². The van der Waals surface area contributed by atoms with Crippen LogP contribution >= 0.6 is 0 Å². The minimum Gasteiger partial charge on any atom is -0.356 e. The van der Waals surface area contributed by atoms with Gasteiger partial charge in [0.15, 0.2) is 18.9 Å². The van der Waals surface area contributed by atoms with E-state index in [1.807, 2.05) is 35.2 Å². The van der Waals surface area contributed by atoms with E-state index in [1.165, 1.54) is 89.9 Å². The van der Waals surface area contributed by atoms with E-state index < -0.39 is 6.04 Å². The summed E-state index contributed by atoms with van der Waals surface area (Å²) in [4.78, 5) is 38.2. The first-order valence-electron chi connectivity index (χ1n) is 17.3. The number of carbonyl (C=O) groups is 3. The van der Waals surface area contributed by atoms with Crippen molar-refractivity contribution in [2.75, 3.05) is 13.1 Å². The smallest absolute Gasteiger partial charge is 0.242 e. The van der Waals surface area contributed by atoms with E-state index in [1.54, 1.807) is 0 Å². The highest BCUT2D eigenvalue weighted by Gasteiger charge is 2.22. The summed E-state index contributed by atoms with van der Waals surface area (Å²) in [6.07, 6.45) is 26.9. The van der Waals surface area contributed by atoms with Crippen LogP contribution in [0.3, 0.4) is 0 Å². The zero-order chi connectivity index (χ0) is 30.5. The molecule has 0 fully saturated rings. The van der Waals surface area contributed by atoms with Crippen LogP contribution in [-0.4, -0.2) is 36.9 Å². The third-order valence-corrected chi connectivity index (χ3v) is 7.87. The molecule has 3 amide bonds. The number of hydrogen-bond acceptors (Lipinski definition) is 3. The molecule has 0 bridgehead atoms. The van der Waals surface area contributed by atoms with Crippen molar-refractivity contribution in [2.45, 2.75) is 161 Å². The molecule has 1 aromatic heterocycles. The molecule has 0 aliphatic carbocycles. The Morgan fingerprint density at radius 2 is 1.05 bits per heavy atom. The Labute approximate surface area is 257 Å². The molecule has 1 aromatic rings. The molecule has 3 N–H and O–H groups in total. The van der Waals surface area contributed by atoms with Crippen molar-refractivity contribution >= 4 is 17.7 Å². The molecule has 0 saturated heterocycles. The monoisotopic (exact) mass is 587 g/mol. The van der Waals surface area contributed by atoms with E-state index in [9.17, 15) is 14.4 Å². The highest BCUT2D eigenvalue weighted by atomic mass is 16.2. The van der Waals surface area contributed by atoms with E-state index in [0.717, 1.165) is 25.7 Å². The maximum Gasteiger partial charge on any atom is 0.242 e. The van der Waals surface area contributed by atoms with Crippen molar-refractivity contribution in [1.29, 1.82) is 0 Å². The van der Waals surface area contributed by atoms with Gasteiger partial charge in [-0.15, -0.1) is 0 Å². The molecule has 7 heteroatoms. The molecular weight excluding hydrogens is 524 g/mol. The first kappa shape index (κ1) is 37.6. The molecule has 0 spiro atoms. The SMILES string of the molecule is CCCCCCCCCCCNC(=O)CC[C@H](NC(=O)CC[n+]1ccccc1)C(=O)NCCCCCCCCCCC. The molecule has 0 aliphatic heterocycles. The summed E-state index contributed by atoms with van der Waals surface area (Å²) in [6, 6.07) is 5.09. The van der Waals surface area contributed by atoms with Crippen molar-refractivity contribution in [3.05, 3.63) is 30.6 Å². The first-order chi connectivity index (χ1) is 20.6. The van der Waals surface area contributed by atoms with Crippen LogP contribution in [0.2, 0.25) is 0 Å². The number of hydrogen-bond donors (Lipinski definition) is 3. The van der Waals surface area contributed by atoms with Gasteiger partial charge in [0.25, 0.3) is 0 Å². The minimum atomic E-state index is -0.699. The van der Waals surface area contributed by atoms with Crippen LogP contribution in [0.1, 0.15) is 149 Å². The van der Waals surface area contributed by atoms with Gasteiger partial charge in [-0.2, -0.15) is 0 Å². The van der Waals surface area contributed by atoms with Gasteiger partial charge in [-0.05, 0) is 19.3 Å². The summed E-state index contributed by atoms with van der Waals surface area (Å²) >= 11 is 0. The van der Waals surface area contributed by atoms with Crippen molar-refractivity contribution in [3.63, 3.8) is 0 Å². The number of pyridine rings is 1. The number of rotatable bonds is 28. The van der Waals surface area contributed by atoms with Gasteiger partial charge in [-0.25, -0.2) is 4.57 Å². The van der Waals surface area contributed by atoms with Gasteiger partial charge in [-0.1, -0.05) is 123 Å². The van der Waals surface area contributed by atoms with Gasteiger partial charge >= 0.3 is 0 Å². The molecule has 0 aromatic carbocycles. The summed E-state index contributed by atoms with van der Waals surface area (Å²) in [6.45, 7) is 6.29. The molecule has 240 valence electrons. The second-order valence-corrected chi connectivity index (χ2v) is 11.8. The van der Waals surface area contributed by atoms with Gasteiger partial charge in [-0.3, -0.25) is 14.4 Å². The van der Waals surface area contributed by atoms with Gasteiger partial charge < -0.3 is 16.0 Å². The van der Waals surface area contributed by atoms with Crippen molar-refractivity contribution < 1.29 is 19.0 Å². The van der Waals surface area contributed by atoms with Crippen LogP contribution in [0.25, 0.3) is 0 Å².